The summed E-state index contributed by atoms with van der Waals surface area (Å²) in [5.74, 6) is -0.439. The monoisotopic (exact) mass is 289 g/mol. The molecule has 2 rings (SSSR count). The van der Waals surface area contributed by atoms with Crippen molar-refractivity contribution in [3.63, 3.8) is 0 Å². The predicted molar refractivity (Wildman–Crippen MR) is 85.3 cm³/mol. The highest BCUT2D eigenvalue weighted by Crippen LogP contribution is 2.26. The fourth-order valence-electron chi connectivity index (χ4n) is 2.10. The maximum Gasteiger partial charge on any atom is 0.248 e. The van der Waals surface area contributed by atoms with Gasteiger partial charge in [-0.25, -0.2) is 0 Å². The maximum atomic E-state index is 11.3. The van der Waals surface area contributed by atoms with Crippen molar-refractivity contribution in [1.29, 1.82) is 0 Å². The number of benzene rings is 1. The molecule has 0 bridgehead atoms. The molecule has 1 atom stereocenters. The average molecular weight is 289 g/mol. The highest BCUT2D eigenvalue weighted by Gasteiger charge is 2.15. The first-order chi connectivity index (χ1) is 9.49. The number of primary amides is 1. The van der Waals surface area contributed by atoms with E-state index in [0.717, 1.165) is 12.1 Å². The molecule has 1 unspecified atom stereocenters. The topological polar surface area (TPSA) is 72.3 Å². The first-order valence-corrected chi connectivity index (χ1v) is 7.31. The van der Waals surface area contributed by atoms with E-state index in [-0.39, 0.29) is 6.04 Å². The third-order valence-electron chi connectivity index (χ3n) is 3.43. The number of carbonyl (C=O) groups excluding carboxylic acids is 1. The molecule has 5 heteroatoms. The number of rotatable bonds is 5. The van der Waals surface area contributed by atoms with Gasteiger partial charge in [-0.2, -0.15) is 0 Å². The van der Waals surface area contributed by atoms with Gasteiger partial charge in [0.05, 0.1) is 11.4 Å². The summed E-state index contributed by atoms with van der Waals surface area (Å²) in [7, 11) is 1.98. The van der Waals surface area contributed by atoms with E-state index >= 15 is 0 Å². The summed E-state index contributed by atoms with van der Waals surface area (Å²) in [6.45, 7) is 2.14. The number of likely N-dealkylation sites (N-methyl/N-ethyl adjacent to an activating group) is 1. The lowest BCUT2D eigenvalue weighted by atomic mass is 10.1. The van der Waals surface area contributed by atoms with Crippen molar-refractivity contribution in [2.24, 2.45) is 5.73 Å². The normalized spacial score (nSPS) is 12.1. The van der Waals surface area contributed by atoms with Gasteiger partial charge in [0, 0.05) is 30.0 Å². The van der Waals surface area contributed by atoms with Gasteiger partial charge in [0.1, 0.15) is 0 Å². The van der Waals surface area contributed by atoms with Gasteiger partial charge < -0.3 is 16.4 Å². The van der Waals surface area contributed by atoms with E-state index in [0.29, 0.717) is 11.3 Å². The number of nitrogen functional groups attached to an aromatic ring is 1. The number of nitrogens with two attached hydrogens (primary N) is 2. The van der Waals surface area contributed by atoms with Crippen molar-refractivity contribution in [3.05, 3.63) is 46.2 Å². The first kappa shape index (κ1) is 14.4. The smallest absolute Gasteiger partial charge is 0.248 e. The van der Waals surface area contributed by atoms with E-state index in [9.17, 15) is 4.79 Å². The standard InChI is InChI=1S/C15H19N3OS/c1-10(8-12-4-3-7-20-12)18(2)14-9-11(15(17)19)5-6-13(14)16/h3-7,9-10H,8,16H2,1-2H3,(H2,17,19). The van der Waals surface area contributed by atoms with Gasteiger partial charge in [-0.05, 0) is 36.6 Å². The summed E-state index contributed by atoms with van der Waals surface area (Å²) in [6, 6.07) is 9.58. The molecule has 0 aliphatic carbocycles. The summed E-state index contributed by atoms with van der Waals surface area (Å²) in [4.78, 5) is 14.7. The van der Waals surface area contributed by atoms with E-state index in [2.05, 4.69) is 29.3 Å². The molecule has 0 saturated heterocycles. The number of anilines is 2. The Morgan fingerprint density at radius 2 is 2.15 bits per heavy atom. The lowest BCUT2D eigenvalue weighted by molar-refractivity contribution is 0.100. The Kier molecular flexibility index (Phi) is 4.29. The molecular formula is C15H19N3OS. The number of thiophene rings is 1. The second-order valence-electron chi connectivity index (χ2n) is 4.88. The summed E-state index contributed by atoms with van der Waals surface area (Å²) in [5.41, 5.74) is 13.3. The van der Waals surface area contributed by atoms with Crippen LogP contribution in [0.25, 0.3) is 0 Å². The van der Waals surface area contributed by atoms with Gasteiger partial charge in [-0.3, -0.25) is 4.79 Å². The van der Waals surface area contributed by atoms with E-state index in [1.807, 2.05) is 7.05 Å². The molecule has 1 heterocycles. The molecule has 4 N–H and O–H groups in total. The third-order valence-corrected chi connectivity index (χ3v) is 4.33. The summed E-state index contributed by atoms with van der Waals surface area (Å²) in [5, 5.41) is 2.07. The quantitative estimate of drug-likeness (QED) is 0.831. The Labute approximate surface area is 123 Å². The van der Waals surface area contributed by atoms with Gasteiger partial charge in [-0.15, -0.1) is 11.3 Å². The Bertz CT molecular complexity index is 595. The minimum Gasteiger partial charge on any atom is -0.397 e. The van der Waals surface area contributed by atoms with E-state index < -0.39 is 5.91 Å². The van der Waals surface area contributed by atoms with Gasteiger partial charge in [-0.1, -0.05) is 6.07 Å². The van der Waals surface area contributed by atoms with Crippen molar-refractivity contribution >= 4 is 28.6 Å². The van der Waals surface area contributed by atoms with Crippen LogP contribution in [-0.2, 0) is 6.42 Å². The van der Waals surface area contributed by atoms with Gasteiger partial charge in [0.15, 0.2) is 0 Å². The molecular weight excluding hydrogens is 270 g/mol. The second-order valence-corrected chi connectivity index (χ2v) is 5.91. The minimum atomic E-state index is -0.439. The lowest BCUT2D eigenvalue weighted by Gasteiger charge is -2.28. The number of hydrogen-bond donors (Lipinski definition) is 2. The SMILES string of the molecule is CC(Cc1cccs1)N(C)c1cc(C(N)=O)ccc1N. The van der Waals surface area contributed by atoms with Crippen LogP contribution in [0.5, 0.6) is 0 Å². The molecule has 0 aliphatic rings. The number of hydrogen-bond acceptors (Lipinski definition) is 4. The van der Waals surface area contributed by atoms with Crippen molar-refractivity contribution in [2.45, 2.75) is 19.4 Å². The predicted octanol–water partition coefficient (Wildman–Crippen LogP) is 2.50. The molecule has 0 radical (unpaired) electrons. The van der Waals surface area contributed by atoms with Crippen LogP contribution in [0.2, 0.25) is 0 Å². The molecule has 0 spiro atoms. The zero-order chi connectivity index (χ0) is 14.7. The summed E-state index contributed by atoms with van der Waals surface area (Å²) in [6.07, 6.45) is 0.939. The molecule has 0 saturated carbocycles. The van der Waals surface area contributed by atoms with Crippen molar-refractivity contribution in [1.82, 2.24) is 0 Å². The van der Waals surface area contributed by atoms with Crippen LogP contribution in [0, 0.1) is 0 Å². The van der Waals surface area contributed by atoms with Crippen molar-refractivity contribution in [3.8, 4) is 0 Å². The highest BCUT2D eigenvalue weighted by atomic mass is 32.1. The molecule has 106 valence electrons. The van der Waals surface area contributed by atoms with E-state index in [4.69, 9.17) is 11.5 Å². The van der Waals surface area contributed by atoms with Crippen LogP contribution in [-0.4, -0.2) is 19.0 Å². The molecule has 20 heavy (non-hydrogen) atoms. The van der Waals surface area contributed by atoms with Crippen LogP contribution in [0.15, 0.2) is 35.7 Å². The van der Waals surface area contributed by atoms with Gasteiger partial charge in [0.25, 0.3) is 0 Å². The zero-order valence-corrected chi connectivity index (χ0v) is 12.5. The Balaban J connectivity index is 2.21. The van der Waals surface area contributed by atoms with Crippen LogP contribution in [0.3, 0.4) is 0 Å². The molecule has 0 fully saturated rings. The second kappa shape index (κ2) is 5.96. The van der Waals surface area contributed by atoms with Crippen LogP contribution < -0.4 is 16.4 Å². The summed E-state index contributed by atoms with van der Waals surface area (Å²) >= 11 is 1.74. The average Bonchev–Trinajstić information content (AvgIpc) is 2.91. The van der Waals surface area contributed by atoms with E-state index in [1.54, 1.807) is 29.5 Å². The van der Waals surface area contributed by atoms with Crippen molar-refractivity contribution in [2.75, 3.05) is 17.7 Å². The lowest BCUT2D eigenvalue weighted by Crippen LogP contribution is -2.31. The number of amides is 1. The van der Waals surface area contributed by atoms with Crippen LogP contribution in [0.4, 0.5) is 11.4 Å². The Hall–Kier alpha value is -2.01. The molecule has 1 amide bonds. The molecule has 2 aromatic rings. The Morgan fingerprint density at radius 3 is 2.75 bits per heavy atom. The molecule has 1 aromatic heterocycles. The number of nitrogens with zero attached hydrogens (tertiary/aromatic N) is 1. The zero-order valence-electron chi connectivity index (χ0n) is 11.7. The first-order valence-electron chi connectivity index (χ1n) is 6.43. The molecule has 4 nitrogen and oxygen atoms in total. The molecule has 1 aromatic carbocycles. The number of carbonyl (C=O) groups is 1. The van der Waals surface area contributed by atoms with Gasteiger partial charge in [0.2, 0.25) is 5.91 Å². The van der Waals surface area contributed by atoms with Gasteiger partial charge >= 0.3 is 0 Å². The largest absolute Gasteiger partial charge is 0.397 e. The third kappa shape index (κ3) is 3.11. The van der Waals surface area contributed by atoms with Crippen LogP contribution in [0.1, 0.15) is 22.2 Å². The fourth-order valence-corrected chi connectivity index (χ4v) is 2.92. The van der Waals surface area contributed by atoms with Crippen molar-refractivity contribution < 1.29 is 4.79 Å². The van der Waals surface area contributed by atoms with Crippen LogP contribution >= 0.6 is 11.3 Å². The minimum absolute atomic E-state index is 0.277. The summed E-state index contributed by atoms with van der Waals surface area (Å²) < 4.78 is 0. The fraction of sp³-hybridized carbons (Fsp3) is 0.267. The van der Waals surface area contributed by atoms with E-state index in [1.165, 1.54) is 4.88 Å². The Morgan fingerprint density at radius 1 is 1.40 bits per heavy atom. The maximum absolute atomic E-state index is 11.3. The highest BCUT2D eigenvalue weighted by molar-refractivity contribution is 7.09. The molecule has 0 aliphatic heterocycles.